The normalized spacial score (nSPS) is 18.8. The molecule has 0 saturated carbocycles. The largest absolute Gasteiger partial charge is 0.401 e. The number of halogens is 3. The van der Waals surface area contributed by atoms with E-state index in [1.807, 2.05) is 0 Å². The number of hydrogen-bond acceptors (Lipinski definition) is 3. The van der Waals surface area contributed by atoms with E-state index < -0.39 is 12.7 Å². The van der Waals surface area contributed by atoms with Crippen LogP contribution in [0.25, 0.3) is 0 Å². The van der Waals surface area contributed by atoms with Gasteiger partial charge in [0, 0.05) is 32.6 Å². The first-order valence-electron chi connectivity index (χ1n) is 7.62. The Morgan fingerprint density at radius 3 is 2.29 bits per heavy atom. The van der Waals surface area contributed by atoms with Gasteiger partial charge in [-0.05, 0) is 25.3 Å². The van der Waals surface area contributed by atoms with Crippen molar-refractivity contribution in [3.8, 4) is 0 Å². The summed E-state index contributed by atoms with van der Waals surface area (Å²) in [5, 5.41) is 0. The molecule has 0 bridgehead atoms. The van der Waals surface area contributed by atoms with Crippen LogP contribution in [0.15, 0.2) is 0 Å². The topological polar surface area (TPSA) is 49.6 Å². The summed E-state index contributed by atoms with van der Waals surface area (Å²) in [5.41, 5.74) is 5.53. The highest BCUT2D eigenvalue weighted by Crippen LogP contribution is 2.19. The first kappa shape index (κ1) is 18.2. The van der Waals surface area contributed by atoms with Crippen LogP contribution >= 0.6 is 0 Å². The Morgan fingerprint density at radius 1 is 1.19 bits per heavy atom. The van der Waals surface area contributed by atoms with Gasteiger partial charge in [0.15, 0.2) is 0 Å². The van der Waals surface area contributed by atoms with Gasteiger partial charge in [0.1, 0.15) is 0 Å². The highest BCUT2D eigenvalue weighted by atomic mass is 19.4. The summed E-state index contributed by atoms with van der Waals surface area (Å²) in [6, 6.07) is 0. The molecule has 1 atom stereocenters. The van der Waals surface area contributed by atoms with E-state index in [-0.39, 0.29) is 5.91 Å². The van der Waals surface area contributed by atoms with Crippen molar-refractivity contribution >= 4 is 5.91 Å². The highest BCUT2D eigenvalue weighted by molar-refractivity contribution is 5.76. The first-order valence-corrected chi connectivity index (χ1v) is 7.62. The Kier molecular flexibility index (Phi) is 7.45. The maximum Gasteiger partial charge on any atom is 0.401 e. The molecule has 0 aliphatic carbocycles. The van der Waals surface area contributed by atoms with Crippen LogP contribution in [0.5, 0.6) is 0 Å². The van der Waals surface area contributed by atoms with Crippen LogP contribution < -0.4 is 5.73 Å². The minimum absolute atomic E-state index is 0.0529. The third-order valence-electron chi connectivity index (χ3n) is 4.05. The van der Waals surface area contributed by atoms with Crippen molar-refractivity contribution in [1.29, 1.82) is 0 Å². The summed E-state index contributed by atoms with van der Waals surface area (Å²) in [5.74, 6) is 0.516. The summed E-state index contributed by atoms with van der Waals surface area (Å²) >= 11 is 0. The van der Waals surface area contributed by atoms with Crippen molar-refractivity contribution in [3.05, 3.63) is 0 Å². The number of rotatable bonds is 7. The molecule has 0 aromatic carbocycles. The van der Waals surface area contributed by atoms with Crippen LogP contribution in [-0.2, 0) is 4.79 Å². The summed E-state index contributed by atoms with van der Waals surface area (Å²) < 4.78 is 36.9. The molecule has 4 nitrogen and oxygen atoms in total. The quantitative estimate of drug-likeness (QED) is 0.781. The molecule has 1 fully saturated rings. The van der Waals surface area contributed by atoms with Crippen molar-refractivity contribution in [2.24, 2.45) is 11.7 Å². The number of hydrogen-bond donors (Lipinski definition) is 1. The van der Waals surface area contributed by atoms with Crippen molar-refractivity contribution in [2.75, 3.05) is 39.3 Å². The van der Waals surface area contributed by atoms with Crippen LogP contribution in [0.1, 0.15) is 32.6 Å². The molecule has 1 saturated heterocycles. The molecule has 0 aromatic heterocycles. The molecular weight excluding hydrogens is 283 g/mol. The maximum absolute atomic E-state index is 12.3. The van der Waals surface area contributed by atoms with Gasteiger partial charge in [-0.3, -0.25) is 9.69 Å². The molecule has 2 N–H and O–H groups in total. The second-order valence-corrected chi connectivity index (χ2v) is 5.66. The molecule has 7 heteroatoms. The van der Waals surface area contributed by atoms with Crippen molar-refractivity contribution < 1.29 is 18.0 Å². The maximum atomic E-state index is 12.3. The highest BCUT2D eigenvalue weighted by Gasteiger charge is 2.32. The molecule has 1 rings (SSSR count). The van der Waals surface area contributed by atoms with E-state index in [1.165, 1.54) is 4.90 Å². The standard InChI is InChI=1S/C14H26F3N3O/c1-2-12(5-6-18)3-4-13(21)20-9-7-19(8-10-20)11-14(15,16)17/h12H,2-11,18H2,1H3. The lowest BCUT2D eigenvalue weighted by atomic mass is 9.96. The van der Waals surface area contributed by atoms with Gasteiger partial charge >= 0.3 is 6.18 Å². The van der Waals surface area contributed by atoms with Crippen LogP contribution in [0, 0.1) is 5.92 Å². The van der Waals surface area contributed by atoms with Gasteiger partial charge in [0.05, 0.1) is 6.54 Å². The Bertz CT molecular complexity index is 315. The van der Waals surface area contributed by atoms with Crippen molar-refractivity contribution in [1.82, 2.24) is 9.80 Å². The lowest BCUT2D eigenvalue weighted by Crippen LogP contribution is -2.50. The van der Waals surface area contributed by atoms with Crippen molar-refractivity contribution in [3.63, 3.8) is 0 Å². The lowest BCUT2D eigenvalue weighted by molar-refractivity contribution is -0.151. The summed E-state index contributed by atoms with van der Waals surface area (Å²) in [7, 11) is 0. The average Bonchev–Trinajstić information content (AvgIpc) is 2.42. The number of carbonyl (C=O) groups is 1. The first-order chi connectivity index (χ1) is 9.85. The van der Waals surface area contributed by atoms with Crippen LogP contribution in [0.3, 0.4) is 0 Å². The zero-order valence-corrected chi connectivity index (χ0v) is 12.7. The minimum atomic E-state index is -4.16. The van der Waals surface area contributed by atoms with E-state index in [2.05, 4.69) is 6.92 Å². The molecule has 1 amide bonds. The fourth-order valence-electron chi connectivity index (χ4n) is 2.68. The number of amides is 1. The molecule has 1 heterocycles. The molecular formula is C14H26F3N3O. The lowest BCUT2D eigenvalue weighted by Gasteiger charge is -2.35. The second kappa shape index (κ2) is 8.58. The molecule has 0 spiro atoms. The Hall–Kier alpha value is -0.820. The van der Waals surface area contributed by atoms with E-state index in [4.69, 9.17) is 5.73 Å². The van der Waals surface area contributed by atoms with E-state index in [0.717, 1.165) is 19.3 Å². The van der Waals surface area contributed by atoms with Crippen LogP contribution in [-0.4, -0.2) is 61.2 Å². The zero-order chi connectivity index (χ0) is 15.9. The van der Waals surface area contributed by atoms with Gasteiger partial charge in [-0.2, -0.15) is 13.2 Å². The Labute approximate surface area is 124 Å². The molecule has 1 aliphatic heterocycles. The van der Waals surface area contributed by atoms with Gasteiger partial charge in [-0.1, -0.05) is 13.3 Å². The number of alkyl halides is 3. The smallest absolute Gasteiger partial charge is 0.340 e. The molecule has 1 aliphatic rings. The number of nitrogens with two attached hydrogens (primary N) is 1. The summed E-state index contributed by atoms with van der Waals surface area (Å²) in [4.78, 5) is 15.1. The van der Waals surface area contributed by atoms with Crippen LogP contribution in [0.2, 0.25) is 0 Å². The summed E-state index contributed by atoms with van der Waals surface area (Å²) in [6.07, 6.45) is -0.956. The van der Waals surface area contributed by atoms with Gasteiger partial charge < -0.3 is 10.6 Å². The molecule has 21 heavy (non-hydrogen) atoms. The zero-order valence-electron chi connectivity index (χ0n) is 12.7. The Morgan fingerprint density at radius 2 is 1.81 bits per heavy atom. The average molecular weight is 309 g/mol. The minimum Gasteiger partial charge on any atom is -0.340 e. The fraction of sp³-hybridized carbons (Fsp3) is 0.929. The second-order valence-electron chi connectivity index (χ2n) is 5.66. The SMILES string of the molecule is CCC(CCN)CCC(=O)N1CCN(CC(F)(F)F)CC1. The predicted molar refractivity (Wildman–Crippen MR) is 75.8 cm³/mol. The van der Waals surface area contributed by atoms with E-state index >= 15 is 0 Å². The fourth-order valence-corrected chi connectivity index (χ4v) is 2.68. The van der Waals surface area contributed by atoms with Gasteiger partial charge in [-0.25, -0.2) is 0 Å². The number of piperazine rings is 1. The van der Waals surface area contributed by atoms with E-state index in [9.17, 15) is 18.0 Å². The van der Waals surface area contributed by atoms with E-state index in [1.54, 1.807) is 4.90 Å². The number of nitrogens with zero attached hydrogens (tertiary/aromatic N) is 2. The predicted octanol–water partition coefficient (Wildman–Crippen LogP) is 1.85. The number of carbonyl (C=O) groups excluding carboxylic acids is 1. The molecule has 1 unspecified atom stereocenters. The van der Waals surface area contributed by atoms with Crippen LogP contribution in [0.4, 0.5) is 13.2 Å². The van der Waals surface area contributed by atoms with Crippen molar-refractivity contribution in [2.45, 2.75) is 38.8 Å². The Balaban J connectivity index is 2.28. The van der Waals surface area contributed by atoms with Gasteiger partial charge in [-0.15, -0.1) is 0 Å². The van der Waals surface area contributed by atoms with Gasteiger partial charge in [0.25, 0.3) is 0 Å². The van der Waals surface area contributed by atoms with E-state index in [0.29, 0.717) is 45.1 Å². The third-order valence-corrected chi connectivity index (χ3v) is 4.05. The summed E-state index contributed by atoms with van der Waals surface area (Å²) in [6.45, 7) is 3.20. The third kappa shape index (κ3) is 7.13. The molecule has 0 aromatic rings. The molecule has 0 radical (unpaired) electrons. The molecule has 124 valence electrons. The monoisotopic (exact) mass is 309 g/mol. The van der Waals surface area contributed by atoms with Gasteiger partial charge in [0.2, 0.25) is 5.91 Å².